The molecule has 1 aromatic rings. The van der Waals surface area contributed by atoms with Gasteiger partial charge in [0.2, 0.25) is 5.95 Å². The monoisotopic (exact) mass is 230 g/mol. The van der Waals surface area contributed by atoms with Gasteiger partial charge in [-0.2, -0.15) is 5.26 Å². The van der Waals surface area contributed by atoms with Crippen LogP contribution in [-0.2, 0) is 0 Å². The molecule has 0 aromatic carbocycles. The molecule has 0 atom stereocenters. The lowest BCUT2D eigenvalue weighted by Crippen LogP contribution is -2.38. The number of nitrogens with zero attached hydrogens (tertiary/aromatic N) is 4. The minimum Gasteiger partial charge on any atom is -0.341 e. The summed E-state index contributed by atoms with van der Waals surface area (Å²) in [5.74, 6) is 0.706. The Morgan fingerprint density at radius 2 is 1.94 bits per heavy atom. The van der Waals surface area contributed by atoms with E-state index in [1.54, 1.807) is 6.07 Å². The van der Waals surface area contributed by atoms with Crippen LogP contribution in [0.25, 0.3) is 0 Å². The highest BCUT2D eigenvalue weighted by Gasteiger charge is 2.26. The summed E-state index contributed by atoms with van der Waals surface area (Å²) in [5.41, 5.74) is 1.73. The Labute approximate surface area is 102 Å². The van der Waals surface area contributed by atoms with E-state index >= 15 is 0 Å². The standard InChI is InChI=1S/C13H18N4/c1-10-8-11(9-14)16-12(15-10)17-6-4-13(2,3)5-7-17/h8H,4-7H2,1-3H3. The van der Waals surface area contributed by atoms with Crippen molar-refractivity contribution < 1.29 is 0 Å². The summed E-state index contributed by atoms with van der Waals surface area (Å²) in [6, 6.07) is 3.81. The minimum absolute atomic E-state index is 0.415. The van der Waals surface area contributed by atoms with Crippen LogP contribution >= 0.6 is 0 Å². The fourth-order valence-electron chi connectivity index (χ4n) is 2.06. The first kappa shape index (κ1) is 11.8. The van der Waals surface area contributed by atoms with Gasteiger partial charge in [0.25, 0.3) is 0 Å². The van der Waals surface area contributed by atoms with Gasteiger partial charge in [-0.3, -0.25) is 0 Å². The second-order valence-corrected chi connectivity index (χ2v) is 5.46. The molecule has 4 nitrogen and oxygen atoms in total. The van der Waals surface area contributed by atoms with E-state index in [2.05, 4.69) is 34.8 Å². The maximum Gasteiger partial charge on any atom is 0.226 e. The van der Waals surface area contributed by atoms with Gasteiger partial charge in [-0.25, -0.2) is 9.97 Å². The third kappa shape index (κ3) is 2.73. The SMILES string of the molecule is Cc1cc(C#N)nc(N2CCC(C)(C)CC2)n1. The first-order valence-electron chi connectivity index (χ1n) is 6.01. The lowest BCUT2D eigenvalue weighted by atomic mass is 9.83. The average molecular weight is 230 g/mol. The molecule has 0 unspecified atom stereocenters. The Balaban J connectivity index is 2.19. The maximum absolute atomic E-state index is 8.91. The fraction of sp³-hybridized carbons (Fsp3) is 0.615. The van der Waals surface area contributed by atoms with Crippen molar-refractivity contribution in [2.24, 2.45) is 5.41 Å². The Kier molecular flexibility index (Phi) is 3.01. The largest absolute Gasteiger partial charge is 0.341 e. The van der Waals surface area contributed by atoms with E-state index in [-0.39, 0.29) is 0 Å². The fourth-order valence-corrected chi connectivity index (χ4v) is 2.06. The highest BCUT2D eigenvalue weighted by molar-refractivity contribution is 5.36. The minimum atomic E-state index is 0.415. The molecule has 0 N–H and O–H groups in total. The van der Waals surface area contributed by atoms with Gasteiger partial charge in [0.1, 0.15) is 11.8 Å². The highest BCUT2D eigenvalue weighted by Crippen LogP contribution is 2.31. The number of anilines is 1. The number of hydrogen-bond acceptors (Lipinski definition) is 4. The molecule has 90 valence electrons. The topological polar surface area (TPSA) is 52.8 Å². The Morgan fingerprint density at radius 3 is 2.53 bits per heavy atom. The Hall–Kier alpha value is -1.63. The van der Waals surface area contributed by atoms with E-state index in [0.717, 1.165) is 31.6 Å². The summed E-state index contributed by atoms with van der Waals surface area (Å²) in [7, 11) is 0. The number of piperidine rings is 1. The molecule has 0 amide bonds. The molecule has 0 spiro atoms. The normalized spacial score (nSPS) is 18.8. The predicted molar refractivity (Wildman–Crippen MR) is 66.7 cm³/mol. The van der Waals surface area contributed by atoms with Gasteiger partial charge in [-0.05, 0) is 31.2 Å². The van der Waals surface area contributed by atoms with Gasteiger partial charge in [0.05, 0.1) is 0 Å². The van der Waals surface area contributed by atoms with Crippen LogP contribution in [-0.4, -0.2) is 23.1 Å². The van der Waals surface area contributed by atoms with Crippen molar-refractivity contribution in [3.05, 3.63) is 17.5 Å². The number of hydrogen-bond donors (Lipinski definition) is 0. The van der Waals surface area contributed by atoms with Crippen LogP contribution in [0.4, 0.5) is 5.95 Å². The van der Waals surface area contributed by atoms with Gasteiger partial charge in [0, 0.05) is 18.8 Å². The van der Waals surface area contributed by atoms with Gasteiger partial charge in [0.15, 0.2) is 0 Å². The lowest BCUT2D eigenvalue weighted by molar-refractivity contribution is 0.278. The third-order valence-electron chi connectivity index (χ3n) is 3.36. The molecule has 1 aliphatic heterocycles. The molecule has 4 heteroatoms. The molecule has 2 rings (SSSR count). The first-order chi connectivity index (χ1) is 8.00. The second-order valence-electron chi connectivity index (χ2n) is 5.46. The summed E-state index contributed by atoms with van der Waals surface area (Å²) >= 11 is 0. The van der Waals surface area contributed by atoms with Crippen LogP contribution in [0.3, 0.4) is 0 Å². The molecule has 1 fully saturated rings. The molecule has 0 radical (unpaired) electrons. The van der Waals surface area contributed by atoms with Crippen molar-refractivity contribution in [1.29, 1.82) is 5.26 Å². The summed E-state index contributed by atoms with van der Waals surface area (Å²) in [5, 5.41) is 8.91. The smallest absolute Gasteiger partial charge is 0.226 e. The molecule has 0 saturated carbocycles. The summed E-state index contributed by atoms with van der Waals surface area (Å²) in [6.07, 6.45) is 2.29. The van der Waals surface area contributed by atoms with Crippen molar-refractivity contribution >= 4 is 5.95 Å². The van der Waals surface area contributed by atoms with E-state index in [0.29, 0.717) is 17.1 Å². The quantitative estimate of drug-likeness (QED) is 0.742. The summed E-state index contributed by atoms with van der Waals surface area (Å²) in [6.45, 7) is 8.44. The zero-order valence-corrected chi connectivity index (χ0v) is 10.7. The highest BCUT2D eigenvalue weighted by atomic mass is 15.3. The number of rotatable bonds is 1. The number of aromatic nitrogens is 2. The third-order valence-corrected chi connectivity index (χ3v) is 3.36. The zero-order chi connectivity index (χ0) is 12.5. The molecule has 0 aliphatic carbocycles. The lowest BCUT2D eigenvalue weighted by Gasteiger charge is -2.36. The number of nitriles is 1. The van der Waals surface area contributed by atoms with E-state index < -0.39 is 0 Å². The van der Waals surface area contributed by atoms with E-state index in [4.69, 9.17) is 5.26 Å². The van der Waals surface area contributed by atoms with E-state index in [1.807, 2.05) is 6.92 Å². The van der Waals surface area contributed by atoms with Crippen molar-refractivity contribution in [2.75, 3.05) is 18.0 Å². The van der Waals surface area contributed by atoms with Crippen molar-refractivity contribution in [3.8, 4) is 6.07 Å². The second kappa shape index (κ2) is 4.33. The maximum atomic E-state index is 8.91. The average Bonchev–Trinajstić information content (AvgIpc) is 2.28. The number of aryl methyl sites for hydroxylation is 1. The molecule has 2 heterocycles. The molecule has 1 aliphatic rings. The van der Waals surface area contributed by atoms with Crippen LogP contribution in [0.15, 0.2) is 6.07 Å². The van der Waals surface area contributed by atoms with Crippen molar-refractivity contribution in [3.63, 3.8) is 0 Å². The molecule has 0 bridgehead atoms. The van der Waals surface area contributed by atoms with Crippen molar-refractivity contribution in [2.45, 2.75) is 33.6 Å². The Morgan fingerprint density at radius 1 is 1.29 bits per heavy atom. The van der Waals surface area contributed by atoms with Gasteiger partial charge in [-0.1, -0.05) is 13.8 Å². The van der Waals surface area contributed by atoms with Crippen LogP contribution in [0.2, 0.25) is 0 Å². The molecule has 1 aromatic heterocycles. The predicted octanol–water partition coefficient (Wildman–Crippen LogP) is 2.28. The van der Waals surface area contributed by atoms with E-state index in [9.17, 15) is 0 Å². The van der Waals surface area contributed by atoms with Crippen LogP contribution in [0.1, 0.15) is 38.1 Å². The summed E-state index contributed by atoms with van der Waals surface area (Å²) < 4.78 is 0. The van der Waals surface area contributed by atoms with E-state index in [1.165, 1.54) is 0 Å². The Bertz CT molecular complexity index is 449. The van der Waals surface area contributed by atoms with Gasteiger partial charge < -0.3 is 4.90 Å². The molecular formula is C13H18N4. The van der Waals surface area contributed by atoms with Crippen LogP contribution in [0.5, 0.6) is 0 Å². The molecule has 1 saturated heterocycles. The van der Waals surface area contributed by atoms with Gasteiger partial charge in [-0.15, -0.1) is 0 Å². The van der Waals surface area contributed by atoms with Crippen LogP contribution in [0, 0.1) is 23.7 Å². The first-order valence-corrected chi connectivity index (χ1v) is 6.01. The summed E-state index contributed by atoms with van der Waals surface area (Å²) in [4.78, 5) is 10.9. The zero-order valence-electron chi connectivity index (χ0n) is 10.7. The van der Waals surface area contributed by atoms with Crippen LogP contribution < -0.4 is 4.90 Å². The molecule has 17 heavy (non-hydrogen) atoms. The van der Waals surface area contributed by atoms with Gasteiger partial charge >= 0.3 is 0 Å². The molecular weight excluding hydrogens is 212 g/mol. The van der Waals surface area contributed by atoms with Crippen molar-refractivity contribution in [1.82, 2.24) is 9.97 Å².